The Balaban J connectivity index is 1.02. The average Bonchev–Trinajstić information content (AvgIpc) is 3.26. The highest BCUT2D eigenvalue weighted by atomic mass is 16.7. The predicted molar refractivity (Wildman–Crippen MR) is 229 cm³/mol. The highest BCUT2D eigenvalue weighted by Crippen LogP contribution is 2.32. The molecule has 0 fully saturated rings. The molecule has 0 saturated heterocycles. The van der Waals surface area contributed by atoms with Gasteiger partial charge in [-0.2, -0.15) is 0 Å². The van der Waals surface area contributed by atoms with Crippen LogP contribution in [0.15, 0.2) is 182 Å². The van der Waals surface area contributed by atoms with Crippen LogP contribution in [-0.2, 0) is 19.1 Å². The molecule has 6 aromatic carbocycles. The van der Waals surface area contributed by atoms with Crippen molar-refractivity contribution >= 4 is 11.9 Å². The SMILES string of the molecule is C=C(C)C(=O)OC(CCOc1ccc(-c2ccccc2OCCC(OC(=O)C(=C)C)Oc2ccc(Oc3ccccc3)cc2)cc1)Oc1ccc(Oc2ccccc2)cc1. The van der Waals surface area contributed by atoms with Gasteiger partial charge in [-0.1, -0.05) is 79.9 Å². The Bertz CT molecular complexity index is 2310. The fraction of sp³-hybridized carbons (Fsp3) is 0.160. The van der Waals surface area contributed by atoms with Crippen molar-refractivity contribution in [2.24, 2.45) is 0 Å². The van der Waals surface area contributed by atoms with E-state index in [1.807, 2.05) is 109 Å². The van der Waals surface area contributed by atoms with Gasteiger partial charge < -0.3 is 37.9 Å². The molecule has 6 rings (SSSR count). The van der Waals surface area contributed by atoms with Gasteiger partial charge in [0, 0.05) is 16.7 Å². The number of benzene rings is 6. The van der Waals surface area contributed by atoms with Gasteiger partial charge in [0.15, 0.2) is 0 Å². The Morgan fingerprint density at radius 1 is 0.450 bits per heavy atom. The molecular weight excluding hydrogens is 761 g/mol. The topological polar surface area (TPSA) is 108 Å². The molecule has 0 amide bonds. The molecule has 0 spiro atoms. The van der Waals surface area contributed by atoms with E-state index in [-0.39, 0.29) is 37.2 Å². The van der Waals surface area contributed by atoms with E-state index in [2.05, 4.69) is 13.2 Å². The van der Waals surface area contributed by atoms with Gasteiger partial charge in [-0.3, -0.25) is 0 Å². The predicted octanol–water partition coefficient (Wildman–Crippen LogP) is 11.5. The van der Waals surface area contributed by atoms with E-state index < -0.39 is 24.5 Å². The lowest BCUT2D eigenvalue weighted by atomic mass is 10.0. The molecular formula is C50H46O10. The molecule has 0 aromatic heterocycles. The standard InChI is InChI=1S/C50H46O10/c1-35(2)49(51)59-47(57-43-27-23-41(24-28-43)55-39-13-7-5-8-14-39)31-33-53-38-21-19-37(20-22-38)45-17-11-12-18-46(45)54-34-32-48(60-50(52)36(3)4)58-44-29-25-42(26-30-44)56-40-15-9-6-10-16-40/h5-30,47-48H,1,3,31-34H2,2,4H3. The first-order valence-electron chi connectivity index (χ1n) is 19.4. The van der Waals surface area contributed by atoms with Crippen molar-refractivity contribution in [2.75, 3.05) is 13.2 Å². The summed E-state index contributed by atoms with van der Waals surface area (Å²) in [5, 5.41) is 0. The van der Waals surface area contributed by atoms with Crippen molar-refractivity contribution < 1.29 is 47.5 Å². The Kier molecular flexibility index (Phi) is 15.0. The second-order valence-corrected chi connectivity index (χ2v) is 13.5. The number of hydrogen-bond acceptors (Lipinski definition) is 10. The quantitative estimate of drug-likeness (QED) is 0.0396. The van der Waals surface area contributed by atoms with Gasteiger partial charge in [-0.25, -0.2) is 9.59 Å². The number of carbonyl (C=O) groups is 2. The summed E-state index contributed by atoms with van der Waals surface area (Å²) in [5.41, 5.74) is 2.26. The van der Waals surface area contributed by atoms with Crippen LogP contribution in [0.4, 0.5) is 0 Å². The Hall–Kier alpha value is -7.46. The van der Waals surface area contributed by atoms with E-state index in [1.165, 1.54) is 0 Å². The second-order valence-electron chi connectivity index (χ2n) is 13.5. The van der Waals surface area contributed by atoms with Crippen LogP contribution in [-0.4, -0.2) is 37.7 Å². The lowest BCUT2D eigenvalue weighted by Gasteiger charge is -2.20. The first kappa shape index (κ1) is 42.2. The summed E-state index contributed by atoms with van der Waals surface area (Å²) in [6.45, 7) is 10.9. The van der Waals surface area contributed by atoms with E-state index >= 15 is 0 Å². The van der Waals surface area contributed by atoms with E-state index in [0.29, 0.717) is 46.0 Å². The Labute approximate surface area is 350 Å². The zero-order valence-corrected chi connectivity index (χ0v) is 33.5. The van der Waals surface area contributed by atoms with Gasteiger partial charge in [0.2, 0.25) is 12.6 Å². The first-order valence-corrected chi connectivity index (χ1v) is 19.4. The molecule has 0 aliphatic rings. The minimum atomic E-state index is -0.937. The van der Waals surface area contributed by atoms with Crippen LogP contribution in [0.25, 0.3) is 11.1 Å². The number of hydrogen-bond donors (Lipinski definition) is 0. The lowest BCUT2D eigenvalue weighted by Crippen LogP contribution is -2.26. The van der Waals surface area contributed by atoms with Crippen molar-refractivity contribution in [1.29, 1.82) is 0 Å². The highest BCUT2D eigenvalue weighted by Gasteiger charge is 2.20. The summed E-state index contributed by atoms with van der Waals surface area (Å²) in [6, 6.07) is 48.2. The molecule has 2 atom stereocenters. The molecule has 0 N–H and O–H groups in total. The molecule has 10 heteroatoms. The maximum atomic E-state index is 12.5. The van der Waals surface area contributed by atoms with Crippen molar-refractivity contribution in [3.8, 4) is 57.1 Å². The normalized spacial score (nSPS) is 11.6. The van der Waals surface area contributed by atoms with Crippen LogP contribution in [0.2, 0.25) is 0 Å². The van der Waals surface area contributed by atoms with E-state index in [1.54, 1.807) is 62.4 Å². The molecule has 0 heterocycles. The zero-order chi connectivity index (χ0) is 42.1. The van der Waals surface area contributed by atoms with Gasteiger partial charge in [0.1, 0.15) is 46.0 Å². The van der Waals surface area contributed by atoms with Crippen LogP contribution in [0.3, 0.4) is 0 Å². The van der Waals surface area contributed by atoms with Crippen LogP contribution in [0.1, 0.15) is 26.7 Å². The average molecular weight is 807 g/mol. The summed E-state index contributed by atoms with van der Waals surface area (Å²) in [7, 11) is 0. The van der Waals surface area contributed by atoms with Gasteiger partial charge in [-0.05, 0) is 110 Å². The summed E-state index contributed by atoms with van der Waals surface area (Å²) >= 11 is 0. The van der Waals surface area contributed by atoms with Crippen LogP contribution in [0, 0.1) is 0 Å². The van der Waals surface area contributed by atoms with Crippen molar-refractivity contribution in [2.45, 2.75) is 39.3 Å². The number of ether oxygens (including phenoxy) is 8. The highest BCUT2D eigenvalue weighted by molar-refractivity contribution is 5.87. The molecule has 306 valence electrons. The minimum Gasteiger partial charge on any atom is -0.493 e. The second kappa shape index (κ2) is 21.3. The van der Waals surface area contributed by atoms with Gasteiger partial charge >= 0.3 is 11.9 Å². The van der Waals surface area contributed by atoms with Gasteiger partial charge in [0.05, 0.1) is 26.1 Å². The van der Waals surface area contributed by atoms with E-state index in [0.717, 1.165) is 11.1 Å². The zero-order valence-electron chi connectivity index (χ0n) is 33.5. The molecule has 60 heavy (non-hydrogen) atoms. The van der Waals surface area contributed by atoms with Gasteiger partial charge in [0.25, 0.3) is 0 Å². The third kappa shape index (κ3) is 13.0. The van der Waals surface area contributed by atoms with Crippen LogP contribution < -0.4 is 28.4 Å². The van der Waals surface area contributed by atoms with E-state index in [4.69, 9.17) is 37.9 Å². The summed E-state index contributed by atoms with van der Waals surface area (Å²) in [5.74, 6) is 3.81. The number of rotatable bonds is 21. The molecule has 0 aliphatic carbocycles. The molecule has 0 saturated carbocycles. The monoisotopic (exact) mass is 806 g/mol. The van der Waals surface area contributed by atoms with Crippen molar-refractivity contribution in [1.82, 2.24) is 0 Å². The maximum Gasteiger partial charge on any atom is 0.336 e. The summed E-state index contributed by atoms with van der Waals surface area (Å²) in [4.78, 5) is 24.9. The van der Waals surface area contributed by atoms with Crippen molar-refractivity contribution in [3.63, 3.8) is 0 Å². The Morgan fingerprint density at radius 2 is 0.833 bits per heavy atom. The van der Waals surface area contributed by atoms with Crippen LogP contribution >= 0.6 is 0 Å². The summed E-state index contributed by atoms with van der Waals surface area (Å²) in [6.07, 6.45) is -1.37. The lowest BCUT2D eigenvalue weighted by molar-refractivity contribution is -0.161. The maximum absolute atomic E-state index is 12.5. The molecule has 0 aliphatic heterocycles. The first-order chi connectivity index (χ1) is 29.2. The van der Waals surface area contributed by atoms with E-state index in [9.17, 15) is 9.59 Å². The molecule has 6 aromatic rings. The third-order valence-electron chi connectivity index (χ3n) is 8.60. The fourth-order valence-electron chi connectivity index (χ4n) is 5.55. The Morgan fingerprint density at radius 3 is 1.30 bits per heavy atom. The van der Waals surface area contributed by atoms with Crippen molar-refractivity contribution in [3.05, 3.63) is 182 Å². The third-order valence-corrected chi connectivity index (χ3v) is 8.60. The van der Waals surface area contributed by atoms with Crippen LogP contribution in [0.5, 0.6) is 46.0 Å². The molecule has 0 bridgehead atoms. The molecule has 0 radical (unpaired) electrons. The number of esters is 2. The largest absolute Gasteiger partial charge is 0.493 e. The molecule has 2 unspecified atom stereocenters. The minimum absolute atomic E-state index is 0.187. The number of para-hydroxylation sites is 3. The smallest absolute Gasteiger partial charge is 0.336 e. The summed E-state index contributed by atoms with van der Waals surface area (Å²) < 4.78 is 47.3. The number of carbonyl (C=O) groups excluding carboxylic acids is 2. The fourth-order valence-corrected chi connectivity index (χ4v) is 5.55. The molecule has 10 nitrogen and oxygen atoms in total. The van der Waals surface area contributed by atoms with Gasteiger partial charge in [-0.15, -0.1) is 0 Å².